The molecular weight excluding hydrogens is 438 g/mol. The highest BCUT2D eigenvalue weighted by Gasteiger charge is 2.53. The van der Waals surface area contributed by atoms with Crippen LogP contribution in [0.3, 0.4) is 0 Å². The van der Waals surface area contributed by atoms with E-state index in [1.165, 1.54) is 12.1 Å². The number of aliphatic imine (C=N–C) groups is 2. The van der Waals surface area contributed by atoms with Crippen LogP contribution in [0.4, 0.5) is 26.3 Å². The highest BCUT2D eigenvalue weighted by Crippen LogP contribution is 2.48. The number of halogens is 6. The van der Waals surface area contributed by atoms with Crippen LogP contribution in [0.1, 0.15) is 56.8 Å². The molecule has 0 saturated heterocycles. The van der Waals surface area contributed by atoms with Crippen molar-refractivity contribution in [2.24, 2.45) is 21.6 Å². The number of aromatic nitrogens is 1. The Morgan fingerprint density at radius 1 is 1.09 bits per heavy atom. The number of nitrogens with one attached hydrogen (secondary N) is 2. The summed E-state index contributed by atoms with van der Waals surface area (Å²) in [6.45, 7) is 0.677. The van der Waals surface area contributed by atoms with Crippen LogP contribution in [0.2, 0.25) is 0 Å². The van der Waals surface area contributed by atoms with E-state index in [0.29, 0.717) is 6.92 Å². The first kappa shape index (κ1) is 22.7. The first-order valence-corrected chi connectivity index (χ1v) is 10.4. The summed E-state index contributed by atoms with van der Waals surface area (Å²) < 4.78 is 83.4. The number of nitrogens with zero attached hydrogens (tertiary/aromatic N) is 3. The maximum atomic E-state index is 14.1. The zero-order valence-electron chi connectivity index (χ0n) is 17.3. The number of rotatable bonds is 4. The van der Waals surface area contributed by atoms with Crippen molar-refractivity contribution in [1.82, 2.24) is 15.6 Å². The summed E-state index contributed by atoms with van der Waals surface area (Å²) in [6.07, 6.45) is -1.49. The Bertz CT molecular complexity index is 943. The summed E-state index contributed by atoms with van der Waals surface area (Å²) in [5.41, 5.74) is 3.62. The Morgan fingerprint density at radius 3 is 2.38 bits per heavy atom. The molecule has 3 atom stereocenters. The summed E-state index contributed by atoms with van der Waals surface area (Å²) in [7, 11) is 0. The van der Waals surface area contributed by atoms with Gasteiger partial charge in [0.2, 0.25) is 23.8 Å². The number of nitrogens with two attached hydrogens (primary N) is 1. The molecule has 3 unspecified atom stereocenters. The third kappa shape index (κ3) is 4.49. The van der Waals surface area contributed by atoms with Gasteiger partial charge in [0, 0.05) is 44.6 Å². The van der Waals surface area contributed by atoms with E-state index in [9.17, 15) is 26.3 Å². The largest absolute Gasteiger partial charge is 0.368 e. The van der Waals surface area contributed by atoms with Crippen LogP contribution in [0.15, 0.2) is 28.2 Å². The molecule has 0 spiro atoms. The van der Waals surface area contributed by atoms with Crippen molar-refractivity contribution in [1.29, 1.82) is 0 Å². The molecule has 0 radical (unpaired) electrons. The predicted molar refractivity (Wildman–Crippen MR) is 106 cm³/mol. The van der Waals surface area contributed by atoms with Gasteiger partial charge in [-0.25, -0.2) is 27.5 Å². The van der Waals surface area contributed by atoms with Crippen molar-refractivity contribution < 1.29 is 26.3 Å². The first-order chi connectivity index (χ1) is 14.8. The molecule has 176 valence electrons. The molecule has 4 N–H and O–H groups in total. The van der Waals surface area contributed by atoms with Crippen molar-refractivity contribution in [2.75, 3.05) is 0 Å². The second-order valence-corrected chi connectivity index (χ2v) is 8.85. The summed E-state index contributed by atoms with van der Waals surface area (Å²) in [5, 5.41) is 5.76. The lowest BCUT2D eigenvalue weighted by molar-refractivity contribution is -0.00106. The normalized spacial score (nSPS) is 31.6. The third-order valence-electron chi connectivity index (χ3n) is 6.15. The molecular formula is C20H24F6N6. The van der Waals surface area contributed by atoms with E-state index in [1.807, 2.05) is 0 Å². The van der Waals surface area contributed by atoms with Gasteiger partial charge in [-0.3, -0.25) is 0 Å². The summed E-state index contributed by atoms with van der Waals surface area (Å²) >= 11 is 0. The maximum absolute atomic E-state index is 14.1. The number of pyridine rings is 1. The lowest BCUT2D eigenvalue weighted by Crippen LogP contribution is -2.58. The number of hydrogen-bond acceptors (Lipinski definition) is 6. The van der Waals surface area contributed by atoms with Gasteiger partial charge < -0.3 is 16.4 Å². The average molecular weight is 462 g/mol. The van der Waals surface area contributed by atoms with Crippen LogP contribution in [-0.2, 0) is 11.6 Å². The fraction of sp³-hybridized carbons (Fsp3) is 0.650. The Kier molecular flexibility index (Phi) is 5.32. The van der Waals surface area contributed by atoms with E-state index in [0.717, 1.165) is 6.07 Å². The maximum Gasteiger partial charge on any atom is 0.286 e. The number of alkyl halides is 6. The smallest absolute Gasteiger partial charge is 0.286 e. The van der Waals surface area contributed by atoms with Crippen LogP contribution in [0.5, 0.6) is 0 Å². The molecule has 1 aromatic rings. The van der Waals surface area contributed by atoms with Gasteiger partial charge >= 0.3 is 0 Å². The van der Waals surface area contributed by atoms with Gasteiger partial charge in [-0.1, -0.05) is 6.07 Å². The van der Waals surface area contributed by atoms with Gasteiger partial charge in [0.25, 0.3) is 5.92 Å². The second-order valence-electron chi connectivity index (χ2n) is 8.85. The van der Waals surface area contributed by atoms with E-state index in [-0.39, 0.29) is 36.9 Å². The standard InChI is InChI=1S/C20H24F6N6/c1-17(21,22)13-3-2-4-14(29-13)20(11-5-7-18(23,24)9-11)31-15(27)30-16(32-20)28-12-6-8-19(25,26)10-12/h2-4,11-12H,5-10H2,1H3,(H4,27,28,30,31,32). The van der Waals surface area contributed by atoms with Gasteiger partial charge in [-0.2, -0.15) is 13.8 Å². The molecule has 2 saturated carbocycles. The quantitative estimate of drug-likeness (QED) is 0.594. The molecule has 0 bridgehead atoms. The topological polar surface area (TPSA) is 87.7 Å². The van der Waals surface area contributed by atoms with Crippen LogP contribution in [-0.4, -0.2) is 34.8 Å². The number of guanidine groups is 2. The zero-order chi connectivity index (χ0) is 23.4. The molecule has 1 aliphatic heterocycles. The third-order valence-corrected chi connectivity index (χ3v) is 6.15. The fourth-order valence-corrected chi connectivity index (χ4v) is 4.61. The molecule has 32 heavy (non-hydrogen) atoms. The van der Waals surface area contributed by atoms with Gasteiger partial charge in [-0.15, -0.1) is 0 Å². The summed E-state index contributed by atoms with van der Waals surface area (Å²) in [4.78, 5) is 12.3. The van der Waals surface area contributed by atoms with Crippen LogP contribution in [0.25, 0.3) is 0 Å². The van der Waals surface area contributed by atoms with Gasteiger partial charge in [0.1, 0.15) is 5.69 Å². The highest BCUT2D eigenvalue weighted by atomic mass is 19.3. The minimum Gasteiger partial charge on any atom is -0.368 e. The van der Waals surface area contributed by atoms with E-state index in [4.69, 9.17) is 5.73 Å². The molecule has 2 fully saturated rings. The zero-order valence-corrected chi connectivity index (χ0v) is 17.3. The van der Waals surface area contributed by atoms with Crippen molar-refractivity contribution in [2.45, 2.75) is 74.9 Å². The first-order valence-electron chi connectivity index (χ1n) is 10.4. The highest BCUT2D eigenvalue weighted by molar-refractivity contribution is 5.96. The molecule has 0 aromatic carbocycles. The van der Waals surface area contributed by atoms with Crippen molar-refractivity contribution in [3.05, 3.63) is 29.6 Å². The van der Waals surface area contributed by atoms with E-state index >= 15 is 0 Å². The Hall–Kier alpha value is -2.53. The van der Waals surface area contributed by atoms with Crippen molar-refractivity contribution in [3.63, 3.8) is 0 Å². The Morgan fingerprint density at radius 2 is 1.78 bits per heavy atom. The lowest BCUT2D eigenvalue weighted by Gasteiger charge is -2.39. The lowest BCUT2D eigenvalue weighted by atomic mass is 9.87. The Labute approximate surface area is 180 Å². The van der Waals surface area contributed by atoms with E-state index < -0.39 is 60.3 Å². The molecule has 2 aliphatic carbocycles. The van der Waals surface area contributed by atoms with Gasteiger partial charge in [0.15, 0.2) is 5.66 Å². The monoisotopic (exact) mass is 462 g/mol. The van der Waals surface area contributed by atoms with Crippen LogP contribution < -0.4 is 16.4 Å². The van der Waals surface area contributed by atoms with Crippen molar-refractivity contribution in [3.8, 4) is 0 Å². The molecule has 1 aromatic heterocycles. The SMILES string of the molecule is CC(F)(F)c1cccc(C2(C3CCC(F)(F)C3)N=C(N)N=C(NC3CCC(F)(F)C3)N2)n1. The van der Waals surface area contributed by atoms with Crippen LogP contribution >= 0.6 is 0 Å². The molecule has 12 heteroatoms. The molecule has 0 amide bonds. The molecule has 2 heterocycles. The fourth-order valence-electron chi connectivity index (χ4n) is 4.61. The van der Waals surface area contributed by atoms with E-state index in [1.54, 1.807) is 0 Å². The summed E-state index contributed by atoms with van der Waals surface area (Å²) in [6, 6.07) is 3.25. The van der Waals surface area contributed by atoms with Gasteiger partial charge in [-0.05, 0) is 25.0 Å². The van der Waals surface area contributed by atoms with E-state index in [2.05, 4.69) is 25.6 Å². The Balaban J connectivity index is 1.72. The second kappa shape index (κ2) is 7.51. The van der Waals surface area contributed by atoms with Crippen LogP contribution in [0, 0.1) is 5.92 Å². The predicted octanol–water partition coefficient (Wildman–Crippen LogP) is 3.83. The minimum atomic E-state index is -3.27. The summed E-state index contributed by atoms with van der Waals surface area (Å²) in [5.74, 6) is -10.2. The minimum absolute atomic E-state index is 0.0203. The van der Waals surface area contributed by atoms with Crippen molar-refractivity contribution >= 4 is 11.9 Å². The van der Waals surface area contributed by atoms with Gasteiger partial charge in [0.05, 0.1) is 5.69 Å². The molecule has 3 aliphatic rings. The molecule has 4 rings (SSSR count). The number of hydrogen-bond donors (Lipinski definition) is 3. The average Bonchev–Trinajstić information content (AvgIpc) is 3.21. The molecule has 6 nitrogen and oxygen atoms in total.